The maximum Gasteiger partial charge on any atom is 0.259 e. The molecule has 2 aromatic carbocycles. The number of anilines is 1. The van der Waals surface area contributed by atoms with E-state index in [9.17, 15) is 14.3 Å². The Bertz CT molecular complexity index is 751. The number of hydrogen-bond acceptors (Lipinski definition) is 5. The number of benzene rings is 2. The van der Waals surface area contributed by atoms with Gasteiger partial charge in [0.05, 0.1) is 23.4 Å². The number of amides is 1. The smallest absolute Gasteiger partial charge is 0.259 e. The first-order chi connectivity index (χ1) is 11.5. The second-order valence-electron chi connectivity index (χ2n) is 4.71. The number of methoxy groups -OCH3 is 1. The molecule has 0 saturated heterocycles. The average Bonchev–Trinajstić information content (AvgIpc) is 2.57. The predicted octanol–water partition coefficient (Wildman–Crippen LogP) is 2.71. The number of carbonyl (C=O) groups excluding carboxylic acids is 1. The summed E-state index contributed by atoms with van der Waals surface area (Å²) in [4.78, 5) is 11.7. The Morgan fingerprint density at radius 2 is 2.08 bits per heavy atom. The van der Waals surface area contributed by atoms with Gasteiger partial charge in [-0.3, -0.25) is 4.79 Å². The zero-order valence-electron chi connectivity index (χ0n) is 12.7. The third-order valence-corrected chi connectivity index (χ3v) is 3.79. The van der Waals surface area contributed by atoms with Crippen LogP contribution >= 0.6 is 22.6 Å². The zero-order chi connectivity index (χ0) is 17.5. The van der Waals surface area contributed by atoms with Crippen LogP contribution in [0.3, 0.4) is 0 Å². The molecule has 0 aliphatic rings. The standard InChI is InChI=1S/C16H15FIN3O3/c1-24-14-7-10(6-13(18)16(14)23)8-20-21-15(22)9-19-12-4-2-11(17)3-5-12/h2-8,19,23H,9H2,1H3,(H,21,22)/b20-8-. The van der Waals surface area contributed by atoms with E-state index in [1.807, 2.05) is 22.6 Å². The third kappa shape index (κ3) is 5.08. The van der Waals surface area contributed by atoms with E-state index in [1.165, 1.54) is 37.6 Å². The number of halogens is 2. The van der Waals surface area contributed by atoms with Gasteiger partial charge in [-0.1, -0.05) is 0 Å². The fourth-order valence-corrected chi connectivity index (χ4v) is 2.42. The molecule has 2 aromatic rings. The van der Waals surface area contributed by atoms with Gasteiger partial charge in [-0.15, -0.1) is 0 Å². The molecule has 8 heteroatoms. The Kier molecular flexibility index (Phi) is 6.36. The molecule has 0 aliphatic heterocycles. The maximum absolute atomic E-state index is 12.8. The van der Waals surface area contributed by atoms with Gasteiger partial charge in [0.2, 0.25) is 0 Å². The minimum Gasteiger partial charge on any atom is -0.504 e. The summed E-state index contributed by atoms with van der Waals surface area (Å²) in [6.07, 6.45) is 1.44. The molecule has 0 heterocycles. The van der Waals surface area contributed by atoms with E-state index in [2.05, 4.69) is 15.8 Å². The average molecular weight is 443 g/mol. The summed E-state index contributed by atoms with van der Waals surface area (Å²) in [6.45, 7) is -0.000590. The highest BCUT2D eigenvalue weighted by molar-refractivity contribution is 14.1. The highest BCUT2D eigenvalue weighted by Gasteiger charge is 2.07. The minimum atomic E-state index is -0.351. The van der Waals surface area contributed by atoms with Crippen LogP contribution < -0.4 is 15.5 Å². The summed E-state index contributed by atoms with van der Waals surface area (Å²) >= 11 is 1.97. The fraction of sp³-hybridized carbons (Fsp3) is 0.125. The van der Waals surface area contributed by atoms with E-state index < -0.39 is 0 Å². The number of nitrogens with zero attached hydrogens (tertiary/aromatic N) is 1. The maximum atomic E-state index is 12.8. The zero-order valence-corrected chi connectivity index (χ0v) is 14.9. The second kappa shape index (κ2) is 8.48. The number of nitrogens with one attached hydrogen (secondary N) is 2. The van der Waals surface area contributed by atoms with Crippen molar-refractivity contribution in [2.75, 3.05) is 19.0 Å². The number of hydrazone groups is 1. The SMILES string of the molecule is COc1cc(/C=N\NC(=O)CNc2ccc(F)cc2)cc(I)c1O. The normalized spacial score (nSPS) is 10.6. The van der Waals surface area contributed by atoms with Gasteiger partial charge in [-0.25, -0.2) is 9.82 Å². The summed E-state index contributed by atoms with van der Waals surface area (Å²) in [5.74, 6) is -0.306. The third-order valence-electron chi connectivity index (χ3n) is 2.97. The Balaban J connectivity index is 1.88. The minimum absolute atomic E-state index is 0.000590. The number of phenols is 1. The molecule has 2 rings (SSSR count). The Labute approximate surface area is 151 Å². The Morgan fingerprint density at radius 3 is 2.75 bits per heavy atom. The van der Waals surface area contributed by atoms with Crippen LogP contribution in [0.15, 0.2) is 41.5 Å². The van der Waals surface area contributed by atoms with Gasteiger partial charge in [-0.2, -0.15) is 5.10 Å². The molecule has 24 heavy (non-hydrogen) atoms. The van der Waals surface area contributed by atoms with Crippen LogP contribution in [0.1, 0.15) is 5.56 Å². The van der Waals surface area contributed by atoms with Crippen LogP contribution in [0.4, 0.5) is 10.1 Å². The van der Waals surface area contributed by atoms with Crippen molar-refractivity contribution < 1.29 is 19.0 Å². The number of rotatable bonds is 6. The van der Waals surface area contributed by atoms with Crippen LogP contribution in [-0.2, 0) is 4.79 Å². The lowest BCUT2D eigenvalue weighted by atomic mass is 10.2. The topological polar surface area (TPSA) is 83.0 Å². The number of hydrogen-bond donors (Lipinski definition) is 3. The molecule has 0 fully saturated rings. The summed E-state index contributed by atoms with van der Waals surface area (Å²) in [5, 5.41) is 16.4. The van der Waals surface area contributed by atoms with Gasteiger partial charge in [-0.05, 0) is 64.6 Å². The molecule has 0 spiro atoms. The van der Waals surface area contributed by atoms with Crippen molar-refractivity contribution in [3.8, 4) is 11.5 Å². The van der Waals surface area contributed by atoms with Crippen molar-refractivity contribution in [3.05, 3.63) is 51.3 Å². The molecule has 0 aliphatic carbocycles. The van der Waals surface area contributed by atoms with Gasteiger partial charge in [0.1, 0.15) is 5.82 Å². The van der Waals surface area contributed by atoms with Crippen molar-refractivity contribution in [3.63, 3.8) is 0 Å². The molecule has 0 radical (unpaired) electrons. The van der Waals surface area contributed by atoms with Crippen LogP contribution in [0, 0.1) is 9.39 Å². The first-order valence-corrected chi connectivity index (χ1v) is 7.95. The molecule has 6 nitrogen and oxygen atoms in total. The summed E-state index contributed by atoms with van der Waals surface area (Å²) in [5.41, 5.74) is 3.67. The van der Waals surface area contributed by atoms with Crippen molar-refractivity contribution in [2.45, 2.75) is 0 Å². The van der Waals surface area contributed by atoms with Crippen LogP contribution in [-0.4, -0.2) is 30.9 Å². The highest BCUT2D eigenvalue weighted by Crippen LogP contribution is 2.31. The van der Waals surface area contributed by atoms with E-state index in [-0.39, 0.29) is 24.0 Å². The monoisotopic (exact) mass is 443 g/mol. The molecule has 0 aromatic heterocycles. The first kappa shape index (κ1) is 18.0. The second-order valence-corrected chi connectivity index (χ2v) is 5.87. The van der Waals surface area contributed by atoms with Crippen LogP contribution in [0.25, 0.3) is 0 Å². The largest absolute Gasteiger partial charge is 0.504 e. The summed E-state index contributed by atoms with van der Waals surface area (Å²) in [7, 11) is 1.45. The molecule has 0 unspecified atom stereocenters. The quantitative estimate of drug-likeness (QED) is 0.365. The first-order valence-electron chi connectivity index (χ1n) is 6.87. The van der Waals surface area contributed by atoms with Crippen molar-refractivity contribution >= 4 is 40.4 Å². The molecular formula is C16H15FIN3O3. The van der Waals surface area contributed by atoms with E-state index in [1.54, 1.807) is 12.1 Å². The van der Waals surface area contributed by atoms with Gasteiger partial charge in [0.15, 0.2) is 11.5 Å². The van der Waals surface area contributed by atoms with Gasteiger partial charge in [0.25, 0.3) is 5.91 Å². The van der Waals surface area contributed by atoms with E-state index >= 15 is 0 Å². The predicted molar refractivity (Wildman–Crippen MR) is 98.0 cm³/mol. The molecule has 126 valence electrons. The number of phenolic OH excluding ortho intramolecular Hbond substituents is 1. The van der Waals surface area contributed by atoms with E-state index in [0.717, 1.165) is 0 Å². The van der Waals surface area contributed by atoms with Crippen LogP contribution in [0.2, 0.25) is 0 Å². The molecule has 3 N–H and O–H groups in total. The van der Waals surface area contributed by atoms with Crippen molar-refractivity contribution in [2.24, 2.45) is 5.10 Å². The van der Waals surface area contributed by atoms with Crippen LogP contribution in [0.5, 0.6) is 11.5 Å². The van der Waals surface area contributed by atoms with E-state index in [4.69, 9.17) is 4.74 Å². The lowest BCUT2D eigenvalue weighted by molar-refractivity contribution is -0.119. The Hall–Kier alpha value is -2.36. The fourth-order valence-electron chi connectivity index (χ4n) is 1.79. The van der Waals surface area contributed by atoms with Crippen molar-refractivity contribution in [1.82, 2.24) is 5.43 Å². The summed E-state index contributed by atoms with van der Waals surface area (Å²) in [6, 6.07) is 8.98. The molecular weight excluding hydrogens is 428 g/mol. The lowest BCUT2D eigenvalue weighted by Crippen LogP contribution is -2.25. The van der Waals surface area contributed by atoms with Gasteiger partial charge < -0.3 is 15.2 Å². The lowest BCUT2D eigenvalue weighted by Gasteiger charge is -2.06. The molecule has 0 atom stereocenters. The number of aromatic hydroxyl groups is 1. The molecule has 0 saturated carbocycles. The highest BCUT2D eigenvalue weighted by atomic mass is 127. The van der Waals surface area contributed by atoms with E-state index in [0.29, 0.717) is 20.6 Å². The van der Waals surface area contributed by atoms with Crippen molar-refractivity contribution in [1.29, 1.82) is 0 Å². The van der Waals surface area contributed by atoms with Gasteiger partial charge >= 0.3 is 0 Å². The number of carbonyl (C=O) groups is 1. The van der Waals surface area contributed by atoms with Gasteiger partial charge in [0, 0.05) is 5.69 Å². The Morgan fingerprint density at radius 1 is 1.38 bits per heavy atom. The number of ether oxygens (including phenoxy) is 1. The molecule has 0 bridgehead atoms. The summed E-state index contributed by atoms with van der Waals surface area (Å²) < 4.78 is 18.4. The molecule has 1 amide bonds.